The number of hydrazone groups is 1. The monoisotopic (exact) mass is 234 g/mol. The summed E-state index contributed by atoms with van der Waals surface area (Å²) in [7, 11) is 0. The van der Waals surface area contributed by atoms with Gasteiger partial charge in [-0.3, -0.25) is 4.79 Å². The molecule has 0 fully saturated rings. The second kappa shape index (κ2) is 5.16. The van der Waals surface area contributed by atoms with E-state index in [4.69, 9.17) is 0 Å². The summed E-state index contributed by atoms with van der Waals surface area (Å²) in [5, 5.41) is 4.20. The Bertz CT molecular complexity index is 429. The zero-order chi connectivity index (χ0) is 11.4. The van der Waals surface area contributed by atoms with Crippen LogP contribution in [0.2, 0.25) is 0 Å². The number of rotatable bonds is 2. The molecule has 1 heterocycles. The molecule has 1 aromatic carbocycles. The van der Waals surface area contributed by atoms with Gasteiger partial charge in [-0.2, -0.15) is 5.10 Å². The van der Waals surface area contributed by atoms with E-state index in [2.05, 4.69) is 22.7 Å². The third kappa shape index (κ3) is 2.44. The minimum absolute atomic E-state index is 0.0387. The van der Waals surface area contributed by atoms with Crippen molar-refractivity contribution in [1.29, 1.82) is 0 Å². The van der Waals surface area contributed by atoms with Crippen LogP contribution in [0.3, 0.4) is 0 Å². The third-order valence-electron chi connectivity index (χ3n) is 2.43. The van der Waals surface area contributed by atoms with E-state index in [1.54, 1.807) is 0 Å². The highest BCUT2D eigenvalue weighted by molar-refractivity contribution is 7.99. The fourth-order valence-electron chi connectivity index (χ4n) is 1.55. The molecule has 84 valence electrons. The highest BCUT2D eigenvalue weighted by Crippen LogP contribution is 2.29. The van der Waals surface area contributed by atoms with E-state index in [-0.39, 0.29) is 5.91 Å². The second-order valence-electron chi connectivity index (χ2n) is 3.54. The lowest BCUT2D eigenvalue weighted by Gasteiger charge is -2.16. The standard InChI is InChI=1S/C12H14N2OS/c1-2-12(15)14-13-10-7-8-16-11-6-4-3-5-9(10)11/h3-6H,2,7-8H2,1H3,(H,14,15). The van der Waals surface area contributed by atoms with Crippen LogP contribution in [-0.4, -0.2) is 17.4 Å². The Morgan fingerprint density at radius 3 is 3.12 bits per heavy atom. The van der Waals surface area contributed by atoms with E-state index in [9.17, 15) is 4.79 Å². The number of nitrogens with one attached hydrogen (secondary N) is 1. The van der Waals surface area contributed by atoms with Crippen molar-refractivity contribution in [2.45, 2.75) is 24.7 Å². The van der Waals surface area contributed by atoms with Crippen LogP contribution in [0.5, 0.6) is 0 Å². The van der Waals surface area contributed by atoms with Gasteiger partial charge < -0.3 is 0 Å². The van der Waals surface area contributed by atoms with Crippen LogP contribution in [0.4, 0.5) is 0 Å². The van der Waals surface area contributed by atoms with Crippen LogP contribution >= 0.6 is 11.8 Å². The number of thioether (sulfide) groups is 1. The predicted molar refractivity (Wildman–Crippen MR) is 66.8 cm³/mol. The number of hydrogen-bond acceptors (Lipinski definition) is 3. The average Bonchev–Trinajstić information content (AvgIpc) is 2.35. The highest BCUT2D eigenvalue weighted by atomic mass is 32.2. The van der Waals surface area contributed by atoms with Gasteiger partial charge in [-0.1, -0.05) is 25.1 Å². The van der Waals surface area contributed by atoms with E-state index in [1.807, 2.05) is 30.8 Å². The lowest BCUT2D eigenvalue weighted by molar-refractivity contribution is -0.120. The van der Waals surface area contributed by atoms with Gasteiger partial charge in [0.25, 0.3) is 0 Å². The zero-order valence-electron chi connectivity index (χ0n) is 9.19. The Balaban J connectivity index is 2.21. The summed E-state index contributed by atoms with van der Waals surface area (Å²) in [6, 6.07) is 8.18. The Morgan fingerprint density at radius 1 is 1.50 bits per heavy atom. The van der Waals surface area contributed by atoms with Crippen LogP contribution in [0.1, 0.15) is 25.3 Å². The number of hydrogen-bond donors (Lipinski definition) is 1. The molecule has 1 amide bonds. The van der Waals surface area contributed by atoms with Crippen LogP contribution in [0, 0.1) is 0 Å². The molecule has 0 atom stereocenters. The van der Waals surface area contributed by atoms with E-state index >= 15 is 0 Å². The average molecular weight is 234 g/mol. The molecule has 0 saturated carbocycles. The molecule has 0 radical (unpaired) electrons. The van der Waals surface area contributed by atoms with Gasteiger partial charge in [0.15, 0.2) is 0 Å². The first kappa shape index (κ1) is 11.2. The van der Waals surface area contributed by atoms with Crippen molar-refractivity contribution in [3.63, 3.8) is 0 Å². The largest absolute Gasteiger partial charge is 0.273 e. The fourth-order valence-corrected chi connectivity index (χ4v) is 2.58. The van der Waals surface area contributed by atoms with Crippen molar-refractivity contribution in [2.75, 3.05) is 5.75 Å². The van der Waals surface area contributed by atoms with E-state index in [0.29, 0.717) is 6.42 Å². The maximum Gasteiger partial charge on any atom is 0.239 e. The molecule has 2 rings (SSSR count). The van der Waals surface area contributed by atoms with Gasteiger partial charge in [0.1, 0.15) is 0 Å². The predicted octanol–water partition coefficient (Wildman–Crippen LogP) is 2.41. The SMILES string of the molecule is CCC(=O)NN=C1CCSc2ccccc21. The quantitative estimate of drug-likeness (QED) is 0.798. The molecule has 1 aromatic rings. The molecule has 1 N–H and O–H groups in total. The maximum absolute atomic E-state index is 11.1. The molecule has 0 bridgehead atoms. The number of carbonyl (C=O) groups excluding carboxylic acids is 1. The topological polar surface area (TPSA) is 41.5 Å². The van der Waals surface area contributed by atoms with Gasteiger partial charge in [0, 0.05) is 29.1 Å². The van der Waals surface area contributed by atoms with Crippen LogP contribution in [0.15, 0.2) is 34.3 Å². The number of fused-ring (bicyclic) bond motifs is 1. The number of amides is 1. The van der Waals surface area contributed by atoms with Crippen LogP contribution < -0.4 is 5.43 Å². The first-order valence-electron chi connectivity index (χ1n) is 5.39. The molecule has 0 saturated heterocycles. The van der Waals surface area contributed by atoms with E-state index < -0.39 is 0 Å². The number of carbonyl (C=O) groups is 1. The Morgan fingerprint density at radius 2 is 2.31 bits per heavy atom. The van der Waals surface area contributed by atoms with Crippen LogP contribution in [0.25, 0.3) is 0 Å². The van der Waals surface area contributed by atoms with Crippen LogP contribution in [-0.2, 0) is 4.79 Å². The third-order valence-corrected chi connectivity index (χ3v) is 3.51. The van der Waals surface area contributed by atoms with Crippen molar-refractivity contribution >= 4 is 23.4 Å². The molecular formula is C12H14N2OS. The lowest BCUT2D eigenvalue weighted by atomic mass is 10.1. The highest BCUT2D eigenvalue weighted by Gasteiger charge is 2.15. The fraction of sp³-hybridized carbons (Fsp3) is 0.333. The number of benzene rings is 1. The zero-order valence-corrected chi connectivity index (χ0v) is 10.0. The Labute approximate surface area is 99.3 Å². The van der Waals surface area contributed by atoms with E-state index in [1.165, 1.54) is 4.90 Å². The molecular weight excluding hydrogens is 220 g/mol. The van der Waals surface area contributed by atoms with Crippen molar-refractivity contribution in [1.82, 2.24) is 5.43 Å². The maximum atomic E-state index is 11.1. The summed E-state index contributed by atoms with van der Waals surface area (Å²) in [5.41, 5.74) is 4.71. The molecule has 16 heavy (non-hydrogen) atoms. The smallest absolute Gasteiger partial charge is 0.239 e. The molecule has 0 aliphatic carbocycles. The van der Waals surface area contributed by atoms with E-state index in [0.717, 1.165) is 23.4 Å². The summed E-state index contributed by atoms with van der Waals surface area (Å²) in [4.78, 5) is 12.4. The second-order valence-corrected chi connectivity index (χ2v) is 4.68. The van der Waals surface area contributed by atoms with Gasteiger partial charge in [0.05, 0.1) is 5.71 Å². The lowest BCUT2D eigenvalue weighted by Crippen LogP contribution is -2.20. The summed E-state index contributed by atoms with van der Waals surface area (Å²) in [6.45, 7) is 1.82. The Hall–Kier alpha value is -1.29. The molecule has 1 aliphatic heterocycles. The van der Waals surface area contributed by atoms with Gasteiger partial charge >= 0.3 is 0 Å². The van der Waals surface area contributed by atoms with Gasteiger partial charge in [0.2, 0.25) is 5.91 Å². The van der Waals surface area contributed by atoms with Crippen molar-refractivity contribution in [3.8, 4) is 0 Å². The molecule has 0 unspecified atom stereocenters. The Kier molecular flexibility index (Phi) is 3.62. The molecule has 0 aromatic heterocycles. The minimum atomic E-state index is -0.0387. The number of nitrogens with zero attached hydrogens (tertiary/aromatic N) is 1. The molecule has 0 spiro atoms. The van der Waals surface area contributed by atoms with Crippen molar-refractivity contribution in [2.24, 2.45) is 5.10 Å². The van der Waals surface area contributed by atoms with Crippen molar-refractivity contribution < 1.29 is 4.79 Å². The first-order valence-corrected chi connectivity index (χ1v) is 6.37. The van der Waals surface area contributed by atoms with Gasteiger partial charge in [-0.15, -0.1) is 11.8 Å². The summed E-state index contributed by atoms with van der Waals surface area (Å²) in [5.74, 6) is 0.987. The summed E-state index contributed by atoms with van der Waals surface area (Å²) < 4.78 is 0. The molecule has 3 nitrogen and oxygen atoms in total. The normalized spacial score (nSPS) is 16.9. The minimum Gasteiger partial charge on any atom is -0.273 e. The van der Waals surface area contributed by atoms with Crippen molar-refractivity contribution in [3.05, 3.63) is 29.8 Å². The molecule has 4 heteroatoms. The van der Waals surface area contributed by atoms with Gasteiger partial charge in [-0.25, -0.2) is 5.43 Å². The van der Waals surface area contributed by atoms with Gasteiger partial charge in [-0.05, 0) is 6.07 Å². The molecule has 1 aliphatic rings. The first-order chi connectivity index (χ1) is 7.81. The summed E-state index contributed by atoms with van der Waals surface area (Å²) >= 11 is 1.84. The summed E-state index contributed by atoms with van der Waals surface area (Å²) in [6.07, 6.45) is 1.37.